The molecule has 0 amide bonds. The monoisotopic (exact) mass is 218 g/mol. The first-order valence-corrected chi connectivity index (χ1v) is 4.91. The summed E-state index contributed by atoms with van der Waals surface area (Å²) < 4.78 is 0. The molecule has 0 aromatic carbocycles. The third kappa shape index (κ3) is 4.42. The highest BCUT2D eigenvalue weighted by atomic mass is 17.0. The van der Waals surface area contributed by atoms with Crippen molar-refractivity contribution in [2.75, 3.05) is 27.3 Å². The highest BCUT2D eigenvalue weighted by molar-refractivity contribution is 5.85. The van der Waals surface area contributed by atoms with Gasteiger partial charge in [0.25, 0.3) is 0 Å². The second-order valence-corrected chi connectivity index (χ2v) is 3.23. The standard InChI is InChI=1S/C10H19NO4/c1-5-11(14-3,15-4)8-6-7-9(2)10(12)13/h2,5-8H2,1,3-4H3/p+1. The van der Waals surface area contributed by atoms with E-state index in [0.29, 0.717) is 25.9 Å². The number of quaternary nitrogens is 1. The molecule has 0 unspecified atom stereocenters. The van der Waals surface area contributed by atoms with Gasteiger partial charge in [-0.05, 0) is 18.2 Å². The molecule has 0 aliphatic heterocycles. The summed E-state index contributed by atoms with van der Waals surface area (Å²) in [5.41, 5.74) is 0.219. The molecule has 0 spiro atoms. The van der Waals surface area contributed by atoms with Gasteiger partial charge in [-0.15, -0.1) is 0 Å². The van der Waals surface area contributed by atoms with Crippen LogP contribution in [-0.2, 0) is 14.5 Å². The summed E-state index contributed by atoms with van der Waals surface area (Å²) in [6.45, 7) is 6.69. The first kappa shape index (κ1) is 14.1. The molecule has 5 nitrogen and oxygen atoms in total. The van der Waals surface area contributed by atoms with Gasteiger partial charge in [-0.2, -0.15) is 9.68 Å². The number of carboxylic acids is 1. The van der Waals surface area contributed by atoms with Crippen LogP contribution in [0.4, 0.5) is 0 Å². The van der Waals surface area contributed by atoms with Gasteiger partial charge in [0.1, 0.15) is 13.1 Å². The zero-order chi connectivity index (χ0) is 11.9. The van der Waals surface area contributed by atoms with Crippen molar-refractivity contribution in [2.24, 2.45) is 0 Å². The Hall–Kier alpha value is -0.910. The van der Waals surface area contributed by atoms with Crippen molar-refractivity contribution in [1.29, 1.82) is 0 Å². The predicted octanol–water partition coefficient (Wildman–Crippen LogP) is 1.37. The number of nitrogens with zero attached hydrogens (tertiary/aromatic N) is 1. The average molecular weight is 218 g/mol. The minimum Gasteiger partial charge on any atom is -0.478 e. The van der Waals surface area contributed by atoms with Gasteiger partial charge >= 0.3 is 5.97 Å². The first-order valence-electron chi connectivity index (χ1n) is 4.91. The zero-order valence-electron chi connectivity index (χ0n) is 9.65. The molecule has 1 N–H and O–H groups in total. The Kier molecular flexibility index (Phi) is 6.15. The molecular formula is C10H20NO4+. The van der Waals surface area contributed by atoms with E-state index in [0.717, 1.165) is 0 Å². The fraction of sp³-hybridized carbons (Fsp3) is 0.700. The van der Waals surface area contributed by atoms with E-state index in [9.17, 15) is 4.79 Å². The first-order chi connectivity index (χ1) is 7.01. The summed E-state index contributed by atoms with van der Waals surface area (Å²) in [5.74, 6) is -0.945. The van der Waals surface area contributed by atoms with Crippen LogP contribution in [0.1, 0.15) is 19.8 Å². The number of carbonyl (C=O) groups is 1. The van der Waals surface area contributed by atoms with E-state index >= 15 is 0 Å². The van der Waals surface area contributed by atoms with Gasteiger partial charge in [0.2, 0.25) is 0 Å². The molecule has 0 aliphatic carbocycles. The van der Waals surface area contributed by atoms with Crippen LogP contribution in [0.3, 0.4) is 0 Å². The van der Waals surface area contributed by atoms with E-state index in [1.54, 1.807) is 14.2 Å². The molecule has 0 aromatic heterocycles. The maximum absolute atomic E-state index is 10.5. The number of hydrogen-bond acceptors (Lipinski definition) is 3. The molecule has 88 valence electrons. The summed E-state index contributed by atoms with van der Waals surface area (Å²) >= 11 is 0. The molecule has 0 radical (unpaired) electrons. The number of aliphatic carboxylic acids is 1. The van der Waals surface area contributed by atoms with Crippen molar-refractivity contribution in [3.63, 3.8) is 0 Å². The van der Waals surface area contributed by atoms with Crippen LogP contribution >= 0.6 is 0 Å². The third-order valence-corrected chi connectivity index (χ3v) is 2.43. The second kappa shape index (κ2) is 6.55. The van der Waals surface area contributed by atoms with Gasteiger partial charge in [-0.3, -0.25) is 0 Å². The Morgan fingerprint density at radius 3 is 2.27 bits per heavy atom. The topological polar surface area (TPSA) is 55.8 Å². The second-order valence-electron chi connectivity index (χ2n) is 3.23. The quantitative estimate of drug-likeness (QED) is 0.380. The van der Waals surface area contributed by atoms with Gasteiger partial charge in [0, 0.05) is 12.0 Å². The molecule has 0 aromatic rings. The van der Waals surface area contributed by atoms with Crippen molar-refractivity contribution in [3.8, 4) is 0 Å². The third-order valence-electron chi connectivity index (χ3n) is 2.43. The maximum Gasteiger partial charge on any atom is 0.330 e. The Morgan fingerprint density at radius 1 is 1.40 bits per heavy atom. The molecule has 0 saturated heterocycles. The SMILES string of the molecule is C=C(CCC[N+](CC)(OC)OC)C(=O)O. The molecule has 0 saturated carbocycles. The predicted molar refractivity (Wildman–Crippen MR) is 55.7 cm³/mol. The van der Waals surface area contributed by atoms with Crippen molar-refractivity contribution in [2.45, 2.75) is 19.8 Å². The molecule has 5 heteroatoms. The van der Waals surface area contributed by atoms with Gasteiger partial charge < -0.3 is 5.11 Å². The summed E-state index contributed by atoms with van der Waals surface area (Å²) in [5, 5.41) is 8.62. The van der Waals surface area contributed by atoms with Gasteiger partial charge in [-0.25, -0.2) is 4.79 Å². The number of hydroxylamine groups is 4. The lowest BCUT2D eigenvalue weighted by atomic mass is 10.1. The lowest BCUT2D eigenvalue weighted by molar-refractivity contribution is -1.24. The summed E-state index contributed by atoms with van der Waals surface area (Å²) in [6.07, 6.45) is 1.11. The van der Waals surface area contributed by atoms with Crippen molar-refractivity contribution in [3.05, 3.63) is 12.2 Å². The van der Waals surface area contributed by atoms with Crippen LogP contribution in [-0.4, -0.2) is 43.2 Å². The van der Waals surface area contributed by atoms with Crippen LogP contribution in [0, 0.1) is 0 Å². The average Bonchev–Trinajstić information content (AvgIpc) is 2.24. The van der Waals surface area contributed by atoms with E-state index in [1.165, 1.54) is 0 Å². The van der Waals surface area contributed by atoms with E-state index in [1.807, 2.05) is 6.92 Å². The van der Waals surface area contributed by atoms with Gasteiger partial charge in [0.15, 0.2) is 0 Å². The molecule has 0 atom stereocenters. The summed E-state index contributed by atoms with van der Waals surface area (Å²) in [7, 11) is 3.14. The minimum absolute atomic E-state index is 0.0763. The van der Waals surface area contributed by atoms with Crippen LogP contribution in [0.15, 0.2) is 12.2 Å². The highest BCUT2D eigenvalue weighted by Crippen LogP contribution is 2.12. The van der Waals surface area contributed by atoms with Gasteiger partial charge in [0.05, 0.1) is 14.2 Å². The van der Waals surface area contributed by atoms with E-state index in [4.69, 9.17) is 14.8 Å². The molecule has 0 bridgehead atoms. The molecule has 0 rings (SSSR count). The molecule has 0 fully saturated rings. The lowest BCUT2D eigenvalue weighted by Gasteiger charge is -2.28. The molecule has 15 heavy (non-hydrogen) atoms. The van der Waals surface area contributed by atoms with Crippen molar-refractivity contribution < 1.29 is 24.4 Å². The lowest BCUT2D eigenvalue weighted by Crippen LogP contribution is -2.46. The van der Waals surface area contributed by atoms with Gasteiger partial charge in [-0.1, -0.05) is 6.58 Å². The van der Waals surface area contributed by atoms with Crippen LogP contribution in [0.2, 0.25) is 0 Å². The van der Waals surface area contributed by atoms with Crippen molar-refractivity contribution in [1.82, 2.24) is 0 Å². The van der Waals surface area contributed by atoms with E-state index in [-0.39, 0.29) is 10.4 Å². The highest BCUT2D eigenvalue weighted by Gasteiger charge is 2.26. The van der Waals surface area contributed by atoms with Crippen molar-refractivity contribution >= 4 is 5.97 Å². The van der Waals surface area contributed by atoms with Crippen LogP contribution in [0.25, 0.3) is 0 Å². The largest absolute Gasteiger partial charge is 0.478 e. The fourth-order valence-electron chi connectivity index (χ4n) is 1.31. The fourth-order valence-corrected chi connectivity index (χ4v) is 1.31. The maximum atomic E-state index is 10.5. The Morgan fingerprint density at radius 2 is 1.93 bits per heavy atom. The van der Waals surface area contributed by atoms with E-state index in [2.05, 4.69) is 6.58 Å². The minimum atomic E-state index is -0.945. The van der Waals surface area contributed by atoms with Crippen LogP contribution < -0.4 is 0 Å². The molecule has 0 heterocycles. The molecule has 0 aliphatic rings. The number of carboxylic acid groups (broad SMARTS) is 1. The Balaban J connectivity index is 4.02. The summed E-state index contributed by atoms with van der Waals surface area (Å²) in [6, 6.07) is 0. The number of hydrogen-bond donors (Lipinski definition) is 1. The van der Waals surface area contributed by atoms with Crippen LogP contribution in [0.5, 0.6) is 0 Å². The smallest absolute Gasteiger partial charge is 0.330 e. The molecular weight excluding hydrogens is 198 g/mol. The normalized spacial score (nSPS) is 11.4. The zero-order valence-corrected chi connectivity index (χ0v) is 9.65. The van der Waals surface area contributed by atoms with E-state index < -0.39 is 5.97 Å². The number of rotatable bonds is 8. The Labute approximate surface area is 90.4 Å². The summed E-state index contributed by atoms with van der Waals surface area (Å²) in [4.78, 5) is 21.0. The Bertz CT molecular complexity index is 215.